The van der Waals surface area contributed by atoms with Crippen LogP contribution in [0.5, 0.6) is 0 Å². The maximum Gasteiger partial charge on any atom is 0.130 e. The molecule has 2 N–H and O–H groups in total. The molecule has 0 radical (unpaired) electrons. The molecule has 24 heavy (non-hydrogen) atoms. The van der Waals surface area contributed by atoms with Gasteiger partial charge in [0.2, 0.25) is 0 Å². The lowest BCUT2D eigenvalue weighted by molar-refractivity contribution is -0.0667. The van der Waals surface area contributed by atoms with E-state index in [9.17, 15) is 10.2 Å². The molecule has 1 heterocycles. The Balaban J connectivity index is 2.08. The zero-order valence-electron chi connectivity index (χ0n) is 13.8. The van der Waals surface area contributed by atoms with Crippen LogP contribution in [0.3, 0.4) is 0 Å². The highest BCUT2D eigenvalue weighted by molar-refractivity contribution is 5.38. The van der Waals surface area contributed by atoms with Crippen molar-refractivity contribution in [3.63, 3.8) is 0 Å². The molecule has 1 saturated heterocycles. The molecule has 0 bridgehead atoms. The lowest BCUT2D eigenvalue weighted by Crippen LogP contribution is -2.55. The van der Waals surface area contributed by atoms with Gasteiger partial charge in [0.15, 0.2) is 0 Å². The quantitative estimate of drug-likeness (QED) is 0.852. The Kier molecular flexibility index (Phi) is 5.63. The highest BCUT2D eigenvalue weighted by Gasteiger charge is 2.43. The zero-order chi connectivity index (χ0) is 16.8. The second-order valence-electron chi connectivity index (χ2n) is 6.17. The number of benzene rings is 2. The van der Waals surface area contributed by atoms with Crippen molar-refractivity contribution in [1.82, 2.24) is 4.90 Å². The van der Waals surface area contributed by atoms with E-state index in [4.69, 9.17) is 4.74 Å². The predicted octanol–water partition coefficient (Wildman–Crippen LogP) is 2.01. The number of hydrogen-bond donors (Lipinski definition) is 2. The number of ether oxygens (including phenoxy) is 1. The van der Waals surface area contributed by atoms with E-state index in [1.165, 1.54) is 0 Å². The van der Waals surface area contributed by atoms with Crippen molar-refractivity contribution in [2.24, 2.45) is 0 Å². The Bertz CT molecular complexity index is 572. The van der Waals surface area contributed by atoms with Crippen LogP contribution in [0.2, 0.25) is 0 Å². The molecule has 0 unspecified atom stereocenters. The first-order valence-corrected chi connectivity index (χ1v) is 8.53. The van der Waals surface area contributed by atoms with Crippen LogP contribution in [0.1, 0.15) is 17.5 Å². The normalized spacial score (nSPS) is 17.6. The van der Waals surface area contributed by atoms with Gasteiger partial charge in [-0.25, -0.2) is 0 Å². The minimum absolute atomic E-state index is 0.0317. The summed E-state index contributed by atoms with van der Waals surface area (Å²) in [6.07, 6.45) is 0.500. The second kappa shape index (κ2) is 7.90. The van der Waals surface area contributed by atoms with E-state index < -0.39 is 5.60 Å². The van der Waals surface area contributed by atoms with Gasteiger partial charge in [0, 0.05) is 25.7 Å². The fourth-order valence-electron chi connectivity index (χ4n) is 3.60. The average molecular weight is 327 g/mol. The third-order valence-electron chi connectivity index (χ3n) is 4.80. The number of hydrogen-bond acceptors (Lipinski definition) is 4. The number of rotatable bonds is 6. The molecule has 3 rings (SSSR count). The Morgan fingerprint density at radius 1 is 0.917 bits per heavy atom. The van der Waals surface area contributed by atoms with Crippen LogP contribution >= 0.6 is 0 Å². The largest absolute Gasteiger partial charge is 0.396 e. The third-order valence-corrected chi connectivity index (χ3v) is 4.80. The summed E-state index contributed by atoms with van der Waals surface area (Å²) in [7, 11) is 0. The van der Waals surface area contributed by atoms with Gasteiger partial charge < -0.3 is 14.9 Å². The van der Waals surface area contributed by atoms with Crippen LogP contribution in [0, 0.1) is 0 Å². The number of aliphatic hydroxyl groups is 2. The Hall–Kier alpha value is -1.72. The van der Waals surface area contributed by atoms with Gasteiger partial charge in [0.25, 0.3) is 0 Å². The molecule has 0 aromatic heterocycles. The van der Waals surface area contributed by atoms with Crippen molar-refractivity contribution in [3.8, 4) is 0 Å². The highest BCUT2D eigenvalue weighted by atomic mass is 16.5. The molecule has 0 spiro atoms. The van der Waals surface area contributed by atoms with Crippen molar-refractivity contribution in [1.29, 1.82) is 0 Å². The molecule has 4 nitrogen and oxygen atoms in total. The van der Waals surface area contributed by atoms with Crippen LogP contribution in [-0.2, 0) is 10.3 Å². The summed E-state index contributed by atoms with van der Waals surface area (Å²) in [4.78, 5) is 2.24. The van der Waals surface area contributed by atoms with Gasteiger partial charge in [0.05, 0.1) is 13.2 Å². The summed E-state index contributed by atoms with van der Waals surface area (Å²) in [5, 5.41) is 21.6. The second-order valence-corrected chi connectivity index (χ2v) is 6.17. The number of morpholine rings is 1. The predicted molar refractivity (Wildman–Crippen MR) is 93.8 cm³/mol. The Morgan fingerprint density at radius 3 is 1.88 bits per heavy atom. The molecule has 128 valence electrons. The van der Waals surface area contributed by atoms with Crippen molar-refractivity contribution in [3.05, 3.63) is 71.8 Å². The van der Waals surface area contributed by atoms with E-state index >= 15 is 0 Å². The maximum atomic E-state index is 11.9. The Labute approximate surface area is 143 Å². The molecule has 1 fully saturated rings. The molecule has 0 saturated carbocycles. The van der Waals surface area contributed by atoms with E-state index in [2.05, 4.69) is 4.90 Å². The SMILES string of the molecule is OCC[C@@H](N1CCOCC1)C(O)(c1ccccc1)c1ccccc1. The van der Waals surface area contributed by atoms with Crippen molar-refractivity contribution < 1.29 is 14.9 Å². The van der Waals surface area contributed by atoms with Gasteiger partial charge in [-0.3, -0.25) is 4.90 Å². The van der Waals surface area contributed by atoms with E-state index in [1.807, 2.05) is 60.7 Å². The van der Waals surface area contributed by atoms with Crippen LogP contribution in [0.4, 0.5) is 0 Å². The van der Waals surface area contributed by atoms with Gasteiger partial charge in [-0.2, -0.15) is 0 Å². The summed E-state index contributed by atoms with van der Waals surface area (Å²) in [6, 6.07) is 19.3. The molecule has 0 amide bonds. The average Bonchev–Trinajstić information content (AvgIpc) is 2.67. The number of nitrogens with zero attached hydrogens (tertiary/aromatic N) is 1. The molecular formula is C20H25NO3. The molecule has 1 aliphatic rings. The summed E-state index contributed by atoms with van der Waals surface area (Å²) >= 11 is 0. The van der Waals surface area contributed by atoms with E-state index in [0.717, 1.165) is 24.2 Å². The first kappa shape index (κ1) is 17.1. The summed E-state index contributed by atoms with van der Waals surface area (Å²) < 4.78 is 5.47. The maximum absolute atomic E-state index is 11.9. The molecule has 4 heteroatoms. The van der Waals surface area contributed by atoms with Gasteiger partial charge in [-0.15, -0.1) is 0 Å². The van der Waals surface area contributed by atoms with E-state index in [1.54, 1.807) is 0 Å². The molecule has 2 aromatic carbocycles. The van der Waals surface area contributed by atoms with E-state index in [-0.39, 0.29) is 12.6 Å². The smallest absolute Gasteiger partial charge is 0.130 e. The summed E-state index contributed by atoms with van der Waals surface area (Å²) in [6.45, 7) is 2.85. The van der Waals surface area contributed by atoms with Crippen molar-refractivity contribution in [2.45, 2.75) is 18.1 Å². The standard InChI is InChI=1S/C20H25NO3/c22-14-11-19(21-12-15-24-16-13-21)20(23,17-7-3-1-4-8-17)18-9-5-2-6-10-18/h1-10,19,22-23H,11-16H2/t19-/m1/s1. The van der Waals surface area contributed by atoms with Gasteiger partial charge >= 0.3 is 0 Å². The monoisotopic (exact) mass is 327 g/mol. The molecule has 1 atom stereocenters. The van der Waals surface area contributed by atoms with Gasteiger partial charge in [0.1, 0.15) is 5.60 Å². The van der Waals surface area contributed by atoms with Crippen LogP contribution in [-0.4, -0.2) is 54.1 Å². The molecule has 0 aliphatic carbocycles. The van der Waals surface area contributed by atoms with Gasteiger partial charge in [-0.1, -0.05) is 60.7 Å². The third kappa shape index (κ3) is 3.37. The first-order chi connectivity index (χ1) is 11.8. The fourth-order valence-corrected chi connectivity index (χ4v) is 3.60. The van der Waals surface area contributed by atoms with E-state index in [0.29, 0.717) is 19.6 Å². The zero-order valence-corrected chi connectivity index (χ0v) is 13.8. The molecule has 1 aliphatic heterocycles. The van der Waals surface area contributed by atoms with Crippen molar-refractivity contribution >= 4 is 0 Å². The lowest BCUT2D eigenvalue weighted by atomic mass is 9.78. The van der Waals surface area contributed by atoms with Crippen molar-refractivity contribution in [2.75, 3.05) is 32.9 Å². The number of aliphatic hydroxyl groups excluding tert-OH is 1. The Morgan fingerprint density at radius 2 is 1.42 bits per heavy atom. The fraction of sp³-hybridized carbons (Fsp3) is 0.400. The minimum atomic E-state index is -1.18. The summed E-state index contributed by atoms with van der Waals surface area (Å²) in [5.74, 6) is 0. The highest BCUT2D eigenvalue weighted by Crippen LogP contribution is 2.37. The topological polar surface area (TPSA) is 52.9 Å². The van der Waals surface area contributed by atoms with Crippen LogP contribution < -0.4 is 0 Å². The lowest BCUT2D eigenvalue weighted by Gasteiger charge is -2.45. The van der Waals surface area contributed by atoms with Crippen LogP contribution in [0.25, 0.3) is 0 Å². The minimum Gasteiger partial charge on any atom is -0.396 e. The van der Waals surface area contributed by atoms with Crippen LogP contribution in [0.15, 0.2) is 60.7 Å². The first-order valence-electron chi connectivity index (χ1n) is 8.53. The van der Waals surface area contributed by atoms with Gasteiger partial charge in [-0.05, 0) is 17.5 Å². The molecule has 2 aromatic rings. The molecular weight excluding hydrogens is 302 g/mol. The summed E-state index contributed by atoms with van der Waals surface area (Å²) in [5.41, 5.74) is 0.519.